The van der Waals surface area contributed by atoms with Crippen molar-refractivity contribution in [3.05, 3.63) is 12.2 Å². The Balaban J connectivity index is 1.34. The first kappa shape index (κ1) is 88.7. The highest BCUT2D eigenvalue weighted by Crippen LogP contribution is 2.33. The zero-order valence-electron chi connectivity index (χ0n) is 60.6. The zero-order chi connectivity index (χ0) is 69.6. The number of hydrogen-bond donors (Lipinski definition) is 12. The molecule has 96 heavy (non-hydrogen) atoms. The summed E-state index contributed by atoms with van der Waals surface area (Å²) in [5.74, 6) is -0.235. The van der Waals surface area contributed by atoms with Crippen molar-refractivity contribution in [2.45, 2.75) is 446 Å². The van der Waals surface area contributed by atoms with Crippen molar-refractivity contribution in [3.63, 3.8) is 0 Å². The second-order valence-electron chi connectivity index (χ2n) is 28.9. The number of carbonyl (C=O) groups excluding carboxylic acids is 1. The van der Waals surface area contributed by atoms with Crippen LogP contribution >= 0.6 is 0 Å². The lowest BCUT2D eigenvalue weighted by atomic mass is 9.96. The number of aliphatic hydroxyl groups is 11. The van der Waals surface area contributed by atoms with Crippen LogP contribution in [0.25, 0.3) is 0 Å². The van der Waals surface area contributed by atoms with Crippen molar-refractivity contribution >= 4 is 5.91 Å². The Bertz CT molecular complexity index is 1790. The predicted octanol–water partition coefficient (Wildman–Crippen LogP) is 12.8. The van der Waals surface area contributed by atoms with Gasteiger partial charge >= 0.3 is 0 Å². The van der Waals surface area contributed by atoms with E-state index in [1.807, 2.05) is 0 Å². The smallest absolute Gasteiger partial charge is 0.220 e. The Morgan fingerprint density at radius 1 is 0.365 bits per heavy atom. The van der Waals surface area contributed by atoms with Crippen LogP contribution in [0.1, 0.15) is 341 Å². The molecule has 3 rings (SSSR count). The number of rotatable bonds is 64. The molecule has 3 aliphatic heterocycles. The van der Waals surface area contributed by atoms with Gasteiger partial charge in [0.1, 0.15) is 73.2 Å². The number of hydrogen-bond acceptors (Lipinski definition) is 18. The highest BCUT2D eigenvalue weighted by Gasteiger charge is 2.54. The number of carbonyl (C=O) groups is 1. The molecular formula is C77H147NO18. The average Bonchev–Trinajstić information content (AvgIpc) is 0.787. The molecular weight excluding hydrogens is 1230 g/mol. The standard InChI is InChI=1S/C77H147NO18/c1-3-5-7-9-11-13-15-17-19-21-23-24-25-26-27-28-29-30-31-32-33-34-35-36-37-39-41-43-45-47-49-51-53-55-65(83)78-60(61(82)54-52-50-48-46-44-42-40-38-22-20-18-16-14-12-10-8-6-4-2)59-91-75-71(89)68(86)73(63(57-80)93-75)96-77-72(90)69(87)74(64(58-81)94-77)95-76-70(88)67(85)66(84)62(56-79)92-76/h21,23,60-64,66-77,79-82,84-90H,3-20,22,24-59H2,1-2H3,(H,78,83)/b23-21-. The fraction of sp³-hybridized carbons (Fsp3) is 0.961. The van der Waals surface area contributed by atoms with Crippen molar-refractivity contribution in [3.8, 4) is 0 Å². The van der Waals surface area contributed by atoms with Gasteiger partial charge in [0.15, 0.2) is 18.9 Å². The summed E-state index contributed by atoms with van der Waals surface area (Å²) in [5.41, 5.74) is 0. The average molecular weight is 1380 g/mol. The van der Waals surface area contributed by atoms with Gasteiger partial charge in [-0.3, -0.25) is 4.79 Å². The van der Waals surface area contributed by atoms with Crippen LogP contribution in [0.3, 0.4) is 0 Å². The summed E-state index contributed by atoms with van der Waals surface area (Å²) in [6, 6.07) is -0.884. The van der Waals surface area contributed by atoms with Crippen molar-refractivity contribution < 1.29 is 89.4 Å². The largest absolute Gasteiger partial charge is 0.394 e. The molecule has 0 radical (unpaired) electrons. The number of allylic oxidation sites excluding steroid dienone is 2. The summed E-state index contributed by atoms with van der Waals surface area (Å²) in [4.78, 5) is 13.5. The minimum Gasteiger partial charge on any atom is -0.394 e. The number of ether oxygens (including phenoxy) is 6. The molecule has 3 heterocycles. The van der Waals surface area contributed by atoms with Crippen LogP contribution in [0.15, 0.2) is 12.2 Å². The number of aliphatic hydroxyl groups excluding tert-OH is 11. The maximum Gasteiger partial charge on any atom is 0.220 e. The van der Waals surface area contributed by atoms with Crippen LogP contribution in [0.2, 0.25) is 0 Å². The third-order valence-electron chi connectivity index (χ3n) is 20.3. The molecule has 0 aromatic carbocycles. The Morgan fingerprint density at radius 3 is 1.01 bits per heavy atom. The highest BCUT2D eigenvalue weighted by atomic mass is 16.8. The van der Waals surface area contributed by atoms with E-state index in [1.165, 1.54) is 263 Å². The van der Waals surface area contributed by atoms with Crippen LogP contribution < -0.4 is 5.32 Å². The third kappa shape index (κ3) is 39.3. The lowest BCUT2D eigenvalue weighted by Gasteiger charge is -2.48. The van der Waals surface area contributed by atoms with Gasteiger partial charge < -0.3 is 89.9 Å². The maximum absolute atomic E-state index is 13.5. The van der Waals surface area contributed by atoms with Crippen LogP contribution in [-0.4, -0.2) is 193 Å². The molecule has 568 valence electrons. The van der Waals surface area contributed by atoms with Crippen molar-refractivity contribution in [1.82, 2.24) is 5.32 Å². The van der Waals surface area contributed by atoms with Crippen LogP contribution in [0.4, 0.5) is 0 Å². The molecule has 3 aliphatic rings. The Kier molecular flexibility index (Phi) is 54.5. The molecule has 0 aliphatic carbocycles. The second-order valence-corrected chi connectivity index (χ2v) is 28.9. The van der Waals surface area contributed by atoms with Crippen molar-refractivity contribution in [2.24, 2.45) is 0 Å². The van der Waals surface area contributed by atoms with Gasteiger partial charge in [-0.1, -0.05) is 309 Å². The molecule has 19 nitrogen and oxygen atoms in total. The molecule has 0 spiro atoms. The molecule has 17 unspecified atom stereocenters. The fourth-order valence-electron chi connectivity index (χ4n) is 13.9. The van der Waals surface area contributed by atoms with Crippen LogP contribution in [0, 0.1) is 0 Å². The number of unbranched alkanes of at least 4 members (excludes halogenated alkanes) is 46. The Hall–Kier alpha value is -1.47. The highest BCUT2D eigenvalue weighted by molar-refractivity contribution is 5.76. The number of nitrogens with one attached hydrogen (secondary N) is 1. The molecule has 3 fully saturated rings. The predicted molar refractivity (Wildman–Crippen MR) is 379 cm³/mol. The molecule has 3 saturated heterocycles. The van der Waals surface area contributed by atoms with E-state index in [0.717, 1.165) is 44.9 Å². The number of amides is 1. The van der Waals surface area contributed by atoms with E-state index in [1.54, 1.807) is 0 Å². The second kappa shape index (κ2) is 59.0. The van der Waals surface area contributed by atoms with Gasteiger partial charge in [0.05, 0.1) is 38.6 Å². The molecule has 17 atom stereocenters. The summed E-state index contributed by atoms with van der Waals surface area (Å²) in [7, 11) is 0. The minimum absolute atomic E-state index is 0.235. The summed E-state index contributed by atoms with van der Waals surface area (Å²) in [6.07, 6.45) is 41.7. The molecule has 0 saturated carbocycles. The molecule has 0 aromatic rings. The quantitative estimate of drug-likeness (QED) is 0.0199. The van der Waals surface area contributed by atoms with Crippen molar-refractivity contribution in [2.75, 3.05) is 26.4 Å². The van der Waals surface area contributed by atoms with Crippen LogP contribution in [0.5, 0.6) is 0 Å². The molecule has 0 bridgehead atoms. The van der Waals surface area contributed by atoms with E-state index >= 15 is 0 Å². The first-order valence-electron chi connectivity index (χ1n) is 39.9. The Labute approximate surface area is 582 Å². The summed E-state index contributed by atoms with van der Waals surface area (Å²) >= 11 is 0. The summed E-state index contributed by atoms with van der Waals surface area (Å²) < 4.78 is 34.5. The van der Waals surface area contributed by atoms with Gasteiger partial charge in [0, 0.05) is 6.42 Å². The summed E-state index contributed by atoms with van der Waals surface area (Å²) in [6.45, 7) is 1.85. The molecule has 12 N–H and O–H groups in total. The van der Waals surface area contributed by atoms with Gasteiger partial charge in [-0.05, 0) is 38.5 Å². The van der Waals surface area contributed by atoms with Gasteiger partial charge in [0.2, 0.25) is 5.91 Å². The van der Waals surface area contributed by atoms with E-state index in [0.29, 0.717) is 12.8 Å². The molecule has 1 amide bonds. The third-order valence-corrected chi connectivity index (χ3v) is 20.3. The first-order valence-corrected chi connectivity index (χ1v) is 39.9. The van der Waals surface area contributed by atoms with Gasteiger partial charge in [-0.15, -0.1) is 0 Å². The summed E-state index contributed by atoms with van der Waals surface area (Å²) in [5, 5.41) is 121. The van der Waals surface area contributed by atoms with Gasteiger partial charge in [-0.2, -0.15) is 0 Å². The lowest BCUT2D eigenvalue weighted by molar-refractivity contribution is -0.379. The minimum atomic E-state index is -1.97. The lowest BCUT2D eigenvalue weighted by Crippen LogP contribution is -2.66. The maximum atomic E-state index is 13.5. The van der Waals surface area contributed by atoms with Crippen LogP contribution in [-0.2, 0) is 33.2 Å². The van der Waals surface area contributed by atoms with E-state index in [-0.39, 0.29) is 18.9 Å². The van der Waals surface area contributed by atoms with E-state index in [2.05, 4.69) is 31.3 Å². The zero-order valence-corrected chi connectivity index (χ0v) is 60.6. The van der Waals surface area contributed by atoms with E-state index < -0.39 is 124 Å². The van der Waals surface area contributed by atoms with E-state index in [4.69, 9.17) is 28.4 Å². The fourth-order valence-corrected chi connectivity index (χ4v) is 13.9. The topological polar surface area (TPSA) is 307 Å². The monoisotopic (exact) mass is 1370 g/mol. The first-order chi connectivity index (χ1) is 46.8. The normalized spacial score (nSPS) is 27.0. The van der Waals surface area contributed by atoms with Gasteiger partial charge in [0.25, 0.3) is 0 Å². The Morgan fingerprint density at radius 2 is 0.656 bits per heavy atom. The molecule has 0 aromatic heterocycles. The van der Waals surface area contributed by atoms with E-state index in [9.17, 15) is 61.0 Å². The van der Waals surface area contributed by atoms with Gasteiger partial charge in [-0.25, -0.2) is 0 Å². The SMILES string of the molecule is CCCCCCCCCC/C=C\CCCCCCCCCCCCCCCCCCCCCCCC(=O)NC(COC1OC(CO)C(OC2OC(CO)C(OC3OC(CO)C(O)C(O)C3O)C(O)C2O)C(O)C1O)C(O)CCCCCCCCCCCCCCCCCCCC. The van der Waals surface area contributed by atoms with Crippen molar-refractivity contribution in [1.29, 1.82) is 0 Å². The molecule has 19 heteroatoms.